The summed E-state index contributed by atoms with van der Waals surface area (Å²) in [6.45, 7) is 3.35. The second-order valence-corrected chi connectivity index (χ2v) is 8.27. The predicted molar refractivity (Wildman–Crippen MR) is 126 cm³/mol. The van der Waals surface area contributed by atoms with Crippen LogP contribution in [0.25, 0.3) is 11.4 Å². The maximum Gasteiger partial charge on any atom is 0.238 e. The maximum absolute atomic E-state index is 12.6. The van der Waals surface area contributed by atoms with E-state index in [0.29, 0.717) is 62.1 Å². The Morgan fingerprint density at radius 2 is 1.70 bits per heavy atom. The lowest BCUT2D eigenvalue weighted by molar-refractivity contribution is -0.133. The van der Waals surface area contributed by atoms with E-state index in [1.165, 1.54) is 4.80 Å². The van der Waals surface area contributed by atoms with Gasteiger partial charge in [0.1, 0.15) is 0 Å². The van der Waals surface area contributed by atoms with E-state index in [2.05, 4.69) is 20.7 Å². The number of benzene rings is 2. The Hall–Kier alpha value is -3.30. The molecule has 3 aromatic rings. The van der Waals surface area contributed by atoms with Crippen molar-refractivity contribution in [3.63, 3.8) is 0 Å². The van der Waals surface area contributed by atoms with Crippen LogP contribution in [-0.2, 0) is 16.1 Å². The number of hydrogen-bond donors (Lipinski definition) is 1. The summed E-state index contributed by atoms with van der Waals surface area (Å²) >= 11 is 6.09. The third kappa shape index (κ3) is 6.36. The number of para-hydroxylation sites is 1. The summed E-state index contributed by atoms with van der Waals surface area (Å²) in [4.78, 5) is 30.3. The monoisotopic (exact) mass is 467 g/mol. The van der Waals surface area contributed by atoms with E-state index < -0.39 is 0 Å². The first kappa shape index (κ1) is 22.9. The average molecular weight is 468 g/mol. The van der Waals surface area contributed by atoms with Crippen LogP contribution in [0.3, 0.4) is 0 Å². The van der Waals surface area contributed by atoms with E-state index in [0.717, 1.165) is 5.56 Å². The number of piperazine rings is 1. The molecule has 0 spiro atoms. The van der Waals surface area contributed by atoms with E-state index in [9.17, 15) is 9.59 Å². The van der Waals surface area contributed by atoms with Crippen LogP contribution in [0.15, 0.2) is 54.6 Å². The van der Waals surface area contributed by atoms with Crippen molar-refractivity contribution in [1.29, 1.82) is 0 Å². The van der Waals surface area contributed by atoms with Gasteiger partial charge in [0, 0.05) is 38.2 Å². The van der Waals surface area contributed by atoms with Crippen molar-refractivity contribution in [2.75, 3.05) is 38.0 Å². The fourth-order valence-corrected chi connectivity index (χ4v) is 3.86. The molecule has 2 aromatic carbocycles. The van der Waals surface area contributed by atoms with Gasteiger partial charge in [-0.15, -0.1) is 10.2 Å². The van der Waals surface area contributed by atoms with Gasteiger partial charge in [-0.1, -0.05) is 54.1 Å². The minimum absolute atomic E-state index is 0.110. The van der Waals surface area contributed by atoms with Crippen molar-refractivity contribution < 1.29 is 9.59 Å². The molecule has 0 bridgehead atoms. The number of aryl methyl sites for hydroxylation is 1. The molecule has 0 atom stereocenters. The lowest BCUT2D eigenvalue weighted by Crippen LogP contribution is -2.50. The third-order valence-electron chi connectivity index (χ3n) is 5.47. The van der Waals surface area contributed by atoms with Crippen molar-refractivity contribution in [3.8, 4) is 11.4 Å². The highest BCUT2D eigenvalue weighted by Crippen LogP contribution is 2.20. The topological polar surface area (TPSA) is 96.3 Å². The summed E-state index contributed by atoms with van der Waals surface area (Å²) in [7, 11) is 0. The molecule has 10 heteroatoms. The normalized spacial score (nSPS) is 14.3. The van der Waals surface area contributed by atoms with E-state index >= 15 is 0 Å². The zero-order chi connectivity index (χ0) is 23.0. The minimum Gasteiger partial charge on any atom is -0.340 e. The molecule has 172 valence electrons. The highest BCUT2D eigenvalue weighted by atomic mass is 35.5. The van der Waals surface area contributed by atoms with Crippen molar-refractivity contribution >= 4 is 29.1 Å². The third-order valence-corrected chi connectivity index (χ3v) is 5.80. The molecule has 1 saturated heterocycles. The molecule has 2 heterocycles. The number of carbonyl (C=O) groups excluding carboxylic acids is 2. The van der Waals surface area contributed by atoms with Gasteiger partial charge in [0.15, 0.2) is 0 Å². The molecule has 0 aliphatic carbocycles. The number of nitrogens with zero attached hydrogens (tertiary/aromatic N) is 6. The number of aromatic nitrogens is 4. The van der Waals surface area contributed by atoms with Gasteiger partial charge in [0.05, 0.1) is 23.8 Å². The van der Waals surface area contributed by atoms with Gasteiger partial charge in [-0.25, -0.2) is 0 Å². The molecule has 1 aromatic heterocycles. The van der Waals surface area contributed by atoms with Crippen molar-refractivity contribution in [2.24, 2.45) is 0 Å². The standard InChI is InChI=1S/C23H26ClN7O2/c24-19-9-4-5-10-20(19)25-21(32)17-29-13-15-30(16-14-29)22(33)11-6-12-31-27-23(26-28-31)18-7-2-1-3-8-18/h1-5,7-10H,6,11-17H2,(H,25,32). The summed E-state index contributed by atoms with van der Waals surface area (Å²) < 4.78 is 0. The fourth-order valence-electron chi connectivity index (χ4n) is 3.68. The van der Waals surface area contributed by atoms with Crippen LogP contribution in [0.4, 0.5) is 5.69 Å². The molecule has 1 aliphatic heterocycles. The zero-order valence-corrected chi connectivity index (χ0v) is 19.0. The number of halogens is 1. The summed E-state index contributed by atoms with van der Waals surface area (Å²) in [6, 6.07) is 16.8. The highest BCUT2D eigenvalue weighted by molar-refractivity contribution is 6.33. The Morgan fingerprint density at radius 1 is 0.970 bits per heavy atom. The summed E-state index contributed by atoms with van der Waals surface area (Å²) in [5, 5.41) is 15.9. The van der Waals surface area contributed by atoms with Crippen LogP contribution in [0.1, 0.15) is 12.8 Å². The van der Waals surface area contributed by atoms with Crippen LogP contribution < -0.4 is 5.32 Å². The van der Waals surface area contributed by atoms with Gasteiger partial charge >= 0.3 is 0 Å². The zero-order valence-electron chi connectivity index (χ0n) is 18.2. The van der Waals surface area contributed by atoms with Gasteiger partial charge in [0.2, 0.25) is 17.6 Å². The first-order valence-electron chi connectivity index (χ1n) is 11.0. The number of tetrazole rings is 1. The van der Waals surface area contributed by atoms with Crippen LogP contribution in [0, 0.1) is 0 Å². The predicted octanol–water partition coefficient (Wildman–Crippen LogP) is 2.56. The Kier molecular flexibility index (Phi) is 7.64. The summed E-state index contributed by atoms with van der Waals surface area (Å²) in [5.41, 5.74) is 1.52. The Labute approximate surface area is 197 Å². The fraction of sp³-hybridized carbons (Fsp3) is 0.348. The number of carbonyl (C=O) groups is 2. The molecule has 1 fully saturated rings. The molecule has 0 radical (unpaired) electrons. The number of hydrogen-bond acceptors (Lipinski definition) is 6. The second kappa shape index (κ2) is 11.0. The van der Waals surface area contributed by atoms with Crippen LogP contribution in [0.5, 0.6) is 0 Å². The van der Waals surface area contributed by atoms with Gasteiger partial charge in [-0.3, -0.25) is 14.5 Å². The number of rotatable bonds is 8. The summed E-state index contributed by atoms with van der Waals surface area (Å²) in [5.74, 6) is 0.577. The first-order valence-corrected chi connectivity index (χ1v) is 11.3. The highest BCUT2D eigenvalue weighted by Gasteiger charge is 2.22. The van der Waals surface area contributed by atoms with Crippen LogP contribution in [-0.4, -0.2) is 74.5 Å². The summed E-state index contributed by atoms with van der Waals surface area (Å²) in [6.07, 6.45) is 1.07. The largest absolute Gasteiger partial charge is 0.340 e. The molecular weight excluding hydrogens is 442 g/mol. The van der Waals surface area contributed by atoms with E-state index in [1.807, 2.05) is 52.3 Å². The lowest BCUT2D eigenvalue weighted by Gasteiger charge is -2.34. The SMILES string of the molecule is O=C(CN1CCN(C(=O)CCCn2nnc(-c3ccccc3)n2)CC1)Nc1ccccc1Cl. The van der Waals surface area contributed by atoms with Gasteiger partial charge in [-0.05, 0) is 23.8 Å². The Morgan fingerprint density at radius 3 is 2.45 bits per heavy atom. The molecular formula is C23H26ClN7O2. The Balaban J connectivity index is 1.16. The van der Waals surface area contributed by atoms with Gasteiger partial charge < -0.3 is 10.2 Å². The molecule has 9 nitrogen and oxygen atoms in total. The lowest BCUT2D eigenvalue weighted by atomic mass is 10.2. The molecule has 0 unspecified atom stereocenters. The Bertz CT molecular complexity index is 1080. The average Bonchev–Trinajstić information content (AvgIpc) is 3.30. The van der Waals surface area contributed by atoms with Crippen LogP contribution >= 0.6 is 11.6 Å². The number of anilines is 1. The first-order chi connectivity index (χ1) is 16.1. The van der Waals surface area contributed by atoms with Crippen molar-refractivity contribution in [3.05, 3.63) is 59.6 Å². The smallest absolute Gasteiger partial charge is 0.238 e. The quantitative estimate of drug-likeness (QED) is 0.547. The molecule has 33 heavy (non-hydrogen) atoms. The van der Waals surface area contributed by atoms with Gasteiger partial charge in [-0.2, -0.15) is 4.80 Å². The van der Waals surface area contributed by atoms with Crippen LogP contribution in [0.2, 0.25) is 5.02 Å². The number of nitrogens with one attached hydrogen (secondary N) is 1. The molecule has 2 amide bonds. The van der Waals surface area contributed by atoms with E-state index in [4.69, 9.17) is 11.6 Å². The van der Waals surface area contributed by atoms with Gasteiger partial charge in [0.25, 0.3) is 0 Å². The minimum atomic E-state index is -0.113. The maximum atomic E-state index is 12.6. The molecule has 1 N–H and O–H groups in total. The molecule has 1 aliphatic rings. The second-order valence-electron chi connectivity index (χ2n) is 7.86. The molecule has 4 rings (SSSR count). The van der Waals surface area contributed by atoms with E-state index in [-0.39, 0.29) is 18.4 Å². The molecule has 0 saturated carbocycles. The van der Waals surface area contributed by atoms with E-state index in [1.54, 1.807) is 12.1 Å². The number of amides is 2. The van der Waals surface area contributed by atoms with Crippen molar-refractivity contribution in [2.45, 2.75) is 19.4 Å². The van der Waals surface area contributed by atoms with Crippen molar-refractivity contribution in [1.82, 2.24) is 30.0 Å².